The minimum absolute atomic E-state index is 0.723. The summed E-state index contributed by atoms with van der Waals surface area (Å²) in [5.74, 6) is 0. The molecule has 2 nitrogen and oxygen atoms in total. The molecule has 0 aromatic rings. The van der Waals surface area contributed by atoms with Crippen LogP contribution in [0.4, 0.5) is 0 Å². The van der Waals surface area contributed by atoms with Crippen molar-refractivity contribution in [1.82, 2.24) is 10.4 Å². The molecule has 1 rings (SSSR count). The predicted molar refractivity (Wildman–Crippen MR) is 62.1 cm³/mol. The molecule has 2 atom stereocenters. The Kier molecular flexibility index (Phi) is 5.49. The van der Waals surface area contributed by atoms with Crippen molar-refractivity contribution in [3.05, 3.63) is 0 Å². The maximum Gasteiger partial charge on any atom is 0.0218 e. The van der Waals surface area contributed by atoms with Crippen molar-refractivity contribution in [2.75, 3.05) is 6.54 Å². The largest absolute Gasteiger partial charge is 0.255 e. The van der Waals surface area contributed by atoms with Gasteiger partial charge in [0, 0.05) is 18.6 Å². The fraction of sp³-hybridized carbons (Fsp3) is 1.00. The van der Waals surface area contributed by atoms with Crippen LogP contribution in [0, 0.1) is 0 Å². The van der Waals surface area contributed by atoms with Gasteiger partial charge in [0.2, 0.25) is 0 Å². The number of piperidine rings is 1. The van der Waals surface area contributed by atoms with Crippen molar-refractivity contribution in [3.8, 4) is 0 Å². The summed E-state index contributed by atoms with van der Waals surface area (Å²) in [6.07, 6.45) is 8.08. The number of nitrogens with zero attached hydrogens (tertiary/aromatic N) is 1. The standard InChI is InChI=1S/C12H26N2/c1-4-5-6-10-13-14-11(2)8-7-9-12(14)3/h11-13H,4-10H2,1-3H3. The van der Waals surface area contributed by atoms with Crippen LogP contribution in [0.5, 0.6) is 0 Å². The number of hydrazine groups is 1. The Morgan fingerprint density at radius 2 is 1.79 bits per heavy atom. The first-order valence-electron chi connectivity index (χ1n) is 6.27. The van der Waals surface area contributed by atoms with E-state index in [0.717, 1.165) is 18.6 Å². The summed E-state index contributed by atoms with van der Waals surface area (Å²) in [5, 5.41) is 2.47. The van der Waals surface area contributed by atoms with Crippen LogP contribution in [0.2, 0.25) is 0 Å². The molecule has 0 bridgehead atoms. The van der Waals surface area contributed by atoms with Crippen LogP contribution in [0.25, 0.3) is 0 Å². The third-order valence-corrected chi connectivity index (χ3v) is 3.27. The highest BCUT2D eigenvalue weighted by Crippen LogP contribution is 2.20. The fourth-order valence-electron chi connectivity index (χ4n) is 2.32. The van der Waals surface area contributed by atoms with Gasteiger partial charge in [-0.15, -0.1) is 0 Å². The molecule has 1 aliphatic rings. The van der Waals surface area contributed by atoms with Gasteiger partial charge in [0.25, 0.3) is 0 Å². The summed E-state index contributed by atoms with van der Waals surface area (Å²) in [6.45, 7) is 8.08. The lowest BCUT2D eigenvalue weighted by Crippen LogP contribution is -2.52. The Bertz CT molecular complexity index is 137. The van der Waals surface area contributed by atoms with Crippen molar-refractivity contribution in [2.24, 2.45) is 0 Å². The lowest BCUT2D eigenvalue weighted by atomic mass is 10.00. The maximum absolute atomic E-state index is 3.59. The molecule has 1 N–H and O–H groups in total. The number of hydrogen-bond acceptors (Lipinski definition) is 2. The topological polar surface area (TPSA) is 15.3 Å². The Morgan fingerprint density at radius 1 is 1.14 bits per heavy atom. The molecule has 0 radical (unpaired) electrons. The van der Waals surface area contributed by atoms with Crippen molar-refractivity contribution in [2.45, 2.75) is 71.4 Å². The van der Waals surface area contributed by atoms with Gasteiger partial charge < -0.3 is 0 Å². The summed E-state index contributed by atoms with van der Waals surface area (Å²) < 4.78 is 0. The van der Waals surface area contributed by atoms with Crippen molar-refractivity contribution in [3.63, 3.8) is 0 Å². The molecule has 2 unspecified atom stereocenters. The van der Waals surface area contributed by atoms with Gasteiger partial charge in [-0.25, -0.2) is 5.01 Å². The van der Waals surface area contributed by atoms with Gasteiger partial charge in [0.1, 0.15) is 0 Å². The second-order valence-corrected chi connectivity index (χ2v) is 4.65. The van der Waals surface area contributed by atoms with E-state index in [9.17, 15) is 0 Å². The molecule has 0 aliphatic carbocycles. The van der Waals surface area contributed by atoms with Crippen molar-refractivity contribution in [1.29, 1.82) is 0 Å². The third-order valence-electron chi connectivity index (χ3n) is 3.27. The zero-order chi connectivity index (χ0) is 10.4. The average molecular weight is 198 g/mol. The Balaban J connectivity index is 2.19. The lowest BCUT2D eigenvalue weighted by molar-refractivity contribution is 0.0460. The van der Waals surface area contributed by atoms with Crippen LogP contribution in [-0.2, 0) is 0 Å². The van der Waals surface area contributed by atoms with E-state index in [2.05, 4.69) is 31.2 Å². The van der Waals surface area contributed by atoms with Crippen LogP contribution in [0.3, 0.4) is 0 Å². The summed E-state index contributed by atoms with van der Waals surface area (Å²) in [4.78, 5) is 0. The van der Waals surface area contributed by atoms with Crippen LogP contribution in [0.15, 0.2) is 0 Å². The van der Waals surface area contributed by atoms with E-state index < -0.39 is 0 Å². The zero-order valence-electron chi connectivity index (χ0n) is 10.1. The van der Waals surface area contributed by atoms with Gasteiger partial charge in [-0.3, -0.25) is 5.43 Å². The fourth-order valence-corrected chi connectivity index (χ4v) is 2.32. The van der Waals surface area contributed by atoms with Crippen LogP contribution in [0.1, 0.15) is 59.3 Å². The Labute approximate surface area is 89.0 Å². The number of nitrogens with one attached hydrogen (secondary N) is 1. The summed E-state index contributed by atoms with van der Waals surface area (Å²) in [5.41, 5.74) is 3.59. The Hall–Kier alpha value is -0.0800. The van der Waals surface area contributed by atoms with Crippen molar-refractivity contribution < 1.29 is 0 Å². The minimum atomic E-state index is 0.723. The average Bonchev–Trinajstić information content (AvgIpc) is 2.16. The molecule has 0 spiro atoms. The third kappa shape index (κ3) is 3.58. The lowest BCUT2D eigenvalue weighted by Gasteiger charge is -2.39. The number of hydrogen-bond donors (Lipinski definition) is 1. The molecular weight excluding hydrogens is 172 g/mol. The molecule has 0 amide bonds. The van der Waals surface area contributed by atoms with Gasteiger partial charge in [-0.05, 0) is 33.1 Å². The molecule has 14 heavy (non-hydrogen) atoms. The first-order chi connectivity index (χ1) is 6.75. The molecule has 1 saturated heterocycles. The van der Waals surface area contributed by atoms with Gasteiger partial charge in [-0.2, -0.15) is 0 Å². The van der Waals surface area contributed by atoms with E-state index in [0.29, 0.717) is 0 Å². The van der Waals surface area contributed by atoms with E-state index in [1.807, 2.05) is 0 Å². The molecule has 1 fully saturated rings. The van der Waals surface area contributed by atoms with Crippen molar-refractivity contribution >= 4 is 0 Å². The quantitative estimate of drug-likeness (QED) is 0.683. The summed E-state index contributed by atoms with van der Waals surface area (Å²) in [6, 6.07) is 1.45. The first kappa shape index (κ1) is 12.0. The summed E-state index contributed by atoms with van der Waals surface area (Å²) in [7, 11) is 0. The van der Waals surface area contributed by atoms with E-state index in [1.165, 1.54) is 38.5 Å². The molecule has 0 aromatic carbocycles. The smallest absolute Gasteiger partial charge is 0.0218 e. The molecule has 0 aromatic heterocycles. The van der Waals surface area contributed by atoms with Gasteiger partial charge in [0.15, 0.2) is 0 Å². The minimum Gasteiger partial charge on any atom is -0.255 e. The molecule has 0 saturated carbocycles. The van der Waals surface area contributed by atoms with Gasteiger partial charge in [0.05, 0.1) is 0 Å². The van der Waals surface area contributed by atoms with E-state index in [4.69, 9.17) is 0 Å². The SMILES string of the molecule is CCCCCNN1C(C)CCCC1C. The highest BCUT2D eigenvalue weighted by molar-refractivity contribution is 4.76. The summed E-state index contributed by atoms with van der Waals surface area (Å²) >= 11 is 0. The normalized spacial score (nSPS) is 29.4. The molecule has 1 aliphatic heterocycles. The van der Waals surface area contributed by atoms with E-state index >= 15 is 0 Å². The van der Waals surface area contributed by atoms with Gasteiger partial charge >= 0.3 is 0 Å². The highest BCUT2D eigenvalue weighted by atomic mass is 15.5. The number of unbranched alkanes of at least 4 members (excludes halogenated alkanes) is 2. The highest BCUT2D eigenvalue weighted by Gasteiger charge is 2.23. The van der Waals surface area contributed by atoms with Crippen LogP contribution in [-0.4, -0.2) is 23.6 Å². The zero-order valence-corrected chi connectivity index (χ0v) is 10.1. The Morgan fingerprint density at radius 3 is 2.36 bits per heavy atom. The van der Waals surface area contributed by atoms with Crippen LogP contribution < -0.4 is 5.43 Å². The van der Waals surface area contributed by atoms with Crippen LogP contribution >= 0.6 is 0 Å². The number of rotatable bonds is 5. The maximum atomic E-state index is 3.59. The molecule has 2 heteroatoms. The molecular formula is C12H26N2. The monoisotopic (exact) mass is 198 g/mol. The second-order valence-electron chi connectivity index (χ2n) is 4.65. The molecule has 1 heterocycles. The van der Waals surface area contributed by atoms with E-state index in [-0.39, 0.29) is 0 Å². The second kappa shape index (κ2) is 6.41. The first-order valence-corrected chi connectivity index (χ1v) is 6.27. The predicted octanol–water partition coefficient (Wildman–Crippen LogP) is 2.94. The molecule has 84 valence electrons. The van der Waals surface area contributed by atoms with E-state index in [1.54, 1.807) is 0 Å². The van der Waals surface area contributed by atoms with Gasteiger partial charge in [-0.1, -0.05) is 26.2 Å².